The molecule has 0 spiro atoms. The van der Waals surface area contributed by atoms with Gasteiger partial charge in [-0.1, -0.05) is 0 Å². The van der Waals surface area contributed by atoms with Crippen LogP contribution < -0.4 is 4.74 Å². The monoisotopic (exact) mass is 389 g/mol. The van der Waals surface area contributed by atoms with E-state index in [9.17, 15) is 19.6 Å². The van der Waals surface area contributed by atoms with Gasteiger partial charge >= 0.3 is 5.69 Å². The number of rotatable bonds is 3. The van der Waals surface area contributed by atoms with Crippen LogP contribution in [0.5, 0.6) is 17.2 Å². The minimum absolute atomic E-state index is 0.0337. The fraction of sp³-hybridized carbons (Fsp3) is 0.0769. The van der Waals surface area contributed by atoms with E-state index in [0.717, 1.165) is 12.1 Å². The van der Waals surface area contributed by atoms with Gasteiger partial charge in [-0.15, -0.1) is 0 Å². The third-order valence-corrected chi connectivity index (χ3v) is 3.29. The molecule has 0 radical (unpaired) electrons. The predicted molar refractivity (Wildman–Crippen MR) is 78.7 cm³/mol. The fourth-order valence-electron chi connectivity index (χ4n) is 1.66. The van der Waals surface area contributed by atoms with E-state index in [0.29, 0.717) is 5.56 Å². The number of nitro benzene ring substituents is 1. The molecule has 0 saturated carbocycles. The van der Waals surface area contributed by atoms with Gasteiger partial charge in [0.1, 0.15) is 17.3 Å². The highest BCUT2D eigenvalue weighted by Gasteiger charge is 2.19. The predicted octanol–water partition coefficient (Wildman–Crippen LogP) is 4.14. The van der Waals surface area contributed by atoms with Crippen LogP contribution in [-0.4, -0.2) is 10.0 Å². The summed E-state index contributed by atoms with van der Waals surface area (Å²) in [4.78, 5) is 10.3. The molecule has 2 aromatic carbocycles. The van der Waals surface area contributed by atoms with Crippen LogP contribution in [-0.2, 0) is 0 Å². The number of nitro groups is 1. The van der Waals surface area contributed by atoms with E-state index in [4.69, 9.17) is 4.74 Å². The smallest absolute Gasteiger partial charge is 0.312 e. The van der Waals surface area contributed by atoms with Crippen molar-refractivity contribution in [3.05, 3.63) is 55.4 Å². The molecule has 104 valence electrons. The van der Waals surface area contributed by atoms with E-state index in [1.165, 1.54) is 12.1 Å². The SMILES string of the molecule is Cc1cc(O)cc(Oc2cc(F)c(I)cc2[N+](=O)[O-])c1. The number of aromatic hydroxyl groups is 1. The average molecular weight is 389 g/mol. The molecule has 0 atom stereocenters. The summed E-state index contributed by atoms with van der Waals surface area (Å²) in [6, 6.07) is 6.45. The van der Waals surface area contributed by atoms with E-state index < -0.39 is 10.7 Å². The zero-order chi connectivity index (χ0) is 14.9. The first-order valence-electron chi connectivity index (χ1n) is 5.49. The van der Waals surface area contributed by atoms with Gasteiger partial charge in [-0.3, -0.25) is 10.1 Å². The van der Waals surface area contributed by atoms with Crippen LogP contribution >= 0.6 is 22.6 Å². The first-order chi connectivity index (χ1) is 9.36. The minimum atomic E-state index is -0.646. The number of aryl methyl sites for hydroxylation is 1. The molecule has 0 aliphatic rings. The number of phenolic OH excluding ortho intramolecular Hbond substituents is 1. The average Bonchev–Trinajstić information content (AvgIpc) is 2.31. The van der Waals surface area contributed by atoms with Gasteiger partial charge in [0, 0.05) is 18.2 Å². The summed E-state index contributed by atoms with van der Waals surface area (Å²) in [5.74, 6) is -0.652. The lowest BCUT2D eigenvalue weighted by Gasteiger charge is -2.08. The Bertz CT molecular complexity index is 670. The highest BCUT2D eigenvalue weighted by atomic mass is 127. The largest absolute Gasteiger partial charge is 0.508 e. The van der Waals surface area contributed by atoms with Gasteiger partial charge in [0.05, 0.1) is 8.49 Å². The highest BCUT2D eigenvalue weighted by Crippen LogP contribution is 2.35. The third-order valence-electron chi connectivity index (χ3n) is 2.46. The van der Waals surface area contributed by atoms with E-state index in [1.54, 1.807) is 35.6 Å². The summed E-state index contributed by atoms with van der Waals surface area (Å²) in [5.41, 5.74) is 0.380. The van der Waals surface area contributed by atoms with Crippen molar-refractivity contribution in [2.24, 2.45) is 0 Å². The molecular formula is C13H9FINO4. The van der Waals surface area contributed by atoms with Crippen LogP contribution in [0.4, 0.5) is 10.1 Å². The van der Waals surface area contributed by atoms with Crippen molar-refractivity contribution in [1.82, 2.24) is 0 Å². The number of hydrogen-bond donors (Lipinski definition) is 1. The van der Waals surface area contributed by atoms with Crippen LogP contribution in [0.3, 0.4) is 0 Å². The lowest BCUT2D eigenvalue weighted by Crippen LogP contribution is -1.96. The summed E-state index contributed by atoms with van der Waals surface area (Å²) in [6.07, 6.45) is 0. The summed E-state index contributed by atoms with van der Waals surface area (Å²) < 4.78 is 19.0. The molecule has 0 fully saturated rings. The van der Waals surface area contributed by atoms with Crippen LogP contribution in [0.2, 0.25) is 0 Å². The van der Waals surface area contributed by atoms with Gasteiger partial charge in [0.15, 0.2) is 0 Å². The number of ether oxygens (including phenoxy) is 1. The molecule has 2 rings (SSSR count). The van der Waals surface area contributed by atoms with Crippen molar-refractivity contribution in [3.8, 4) is 17.2 Å². The lowest BCUT2D eigenvalue weighted by molar-refractivity contribution is -0.385. The first-order valence-corrected chi connectivity index (χ1v) is 6.56. The second-order valence-corrected chi connectivity index (χ2v) is 5.26. The van der Waals surface area contributed by atoms with Crippen molar-refractivity contribution in [2.45, 2.75) is 6.92 Å². The zero-order valence-corrected chi connectivity index (χ0v) is 12.4. The van der Waals surface area contributed by atoms with Crippen molar-refractivity contribution in [1.29, 1.82) is 0 Å². The van der Waals surface area contributed by atoms with Gasteiger partial charge in [-0.25, -0.2) is 4.39 Å². The van der Waals surface area contributed by atoms with Crippen molar-refractivity contribution >= 4 is 28.3 Å². The molecule has 0 amide bonds. The number of benzene rings is 2. The Balaban J connectivity index is 2.47. The molecule has 5 nitrogen and oxygen atoms in total. The minimum Gasteiger partial charge on any atom is -0.508 e. The van der Waals surface area contributed by atoms with Gasteiger partial charge in [-0.2, -0.15) is 0 Å². The van der Waals surface area contributed by atoms with E-state index in [1.807, 2.05) is 0 Å². The van der Waals surface area contributed by atoms with Crippen LogP contribution in [0.15, 0.2) is 30.3 Å². The van der Waals surface area contributed by atoms with Gasteiger partial charge in [0.2, 0.25) is 5.75 Å². The van der Waals surface area contributed by atoms with E-state index >= 15 is 0 Å². The molecule has 2 aromatic rings. The highest BCUT2D eigenvalue weighted by molar-refractivity contribution is 14.1. The maximum absolute atomic E-state index is 13.5. The number of hydrogen-bond acceptors (Lipinski definition) is 4. The Morgan fingerprint density at radius 2 is 2.00 bits per heavy atom. The number of halogens is 2. The Kier molecular flexibility index (Phi) is 4.07. The topological polar surface area (TPSA) is 72.6 Å². The molecule has 0 aliphatic heterocycles. The standard InChI is InChI=1S/C13H9FINO4/c1-7-2-8(17)4-9(3-7)20-13-5-10(14)11(15)6-12(13)16(18)19/h2-6,17H,1H3. The number of phenols is 1. The van der Waals surface area contributed by atoms with Gasteiger partial charge < -0.3 is 9.84 Å². The normalized spacial score (nSPS) is 10.3. The van der Waals surface area contributed by atoms with Crippen molar-refractivity contribution < 1.29 is 19.2 Å². The van der Waals surface area contributed by atoms with E-state index in [2.05, 4.69) is 0 Å². The lowest BCUT2D eigenvalue weighted by atomic mass is 10.2. The Hall–Kier alpha value is -1.90. The van der Waals surface area contributed by atoms with Crippen LogP contribution in [0, 0.1) is 26.4 Å². The quantitative estimate of drug-likeness (QED) is 0.487. The molecule has 20 heavy (non-hydrogen) atoms. The number of nitrogens with zero attached hydrogens (tertiary/aromatic N) is 1. The summed E-state index contributed by atoms with van der Waals surface area (Å²) in [5, 5.41) is 20.4. The summed E-state index contributed by atoms with van der Waals surface area (Å²) in [6.45, 7) is 1.73. The Morgan fingerprint density at radius 1 is 1.30 bits per heavy atom. The van der Waals surface area contributed by atoms with Crippen LogP contribution in [0.1, 0.15) is 5.56 Å². The van der Waals surface area contributed by atoms with Crippen LogP contribution in [0.25, 0.3) is 0 Å². The maximum atomic E-state index is 13.5. The second kappa shape index (κ2) is 5.61. The molecule has 0 bridgehead atoms. The molecule has 0 heterocycles. The van der Waals surface area contributed by atoms with Crippen molar-refractivity contribution in [3.63, 3.8) is 0 Å². The zero-order valence-electron chi connectivity index (χ0n) is 10.3. The van der Waals surface area contributed by atoms with Crippen molar-refractivity contribution in [2.75, 3.05) is 0 Å². The third kappa shape index (κ3) is 3.16. The first kappa shape index (κ1) is 14.5. The second-order valence-electron chi connectivity index (χ2n) is 4.10. The Morgan fingerprint density at radius 3 is 2.60 bits per heavy atom. The molecule has 7 heteroatoms. The van der Waals surface area contributed by atoms with E-state index in [-0.39, 0.29) is 26.5 Å². The molecule has 0 aliphatic carbocycles. The van der Waals surface area contributed by atoms with Gasteiger partial charge in [-0.05, 0) is 47.2 Å². The summed E-state index contributed by atoms with van der Waals surface area (Å²) in [7, 11) is 0. The summed E-state index contributed by atoms with van der Waals surface area (Å²) >= 11 is 1.67. The maximum Gasteiger partial charge on any atom is 0.312 e. The fourth-order valence-corrected chi connectivity index (χ4v) is 2.11. The molecule has 1 N–H and O–H groups in total. The molecule has 0 saturated heterocycles. The van der Waals surface area contributed by atoms with Gasteiger partial charge in [0.25, 0.3) is 0 Å². The Labute approximate surface area is 127 Å². The molecular weight excluding hydrogens is 380 g/mol. The molecule has 0 aromatic heterocycles. The molecule has 0 unspecified atom stereocenters.